The number of carbonyl (C=O) groups excluding carboxylic acids is 1. The van der Waals surface area contributed by atoms with Crippen molar-refractivity contribution in [3.63, 3.8) is 0 Å². The zero-order chi connectivity index (χ0) is 19.5. The monoisotopic (exact) mass is 415 g/mol. The van der Waals surface area contributed by atoms with Crippen molar-refractivity contribution in [2.75, 3.05) is 0 Å². The molecule has 3 saturated carbocycles. The molecule has 0 amide bonds. The molecule has 1 N–H and O–H groups in total. The maximum atomic E-state index is 12.6. The van der Waals surface area contributed by atoms with Crippen molar-refractivity contribution in [1.29, 1.82) is 0 Å². The first-order valence-corrected chi connectivity index (χ1v) is 10.9. The molecule has 1 unspecified atom stereocenters. The van der Waals surface area contributed by atoms with E-state index in [4.69, 9.17) is 23.2 Å². The van der Waals surface area contributed by atoms with Gasteiger partial charge in [0.2, 0.25) is 0 Å². The lowest BCUT2D eigenvalue weighted by atomic mass is 9.30. The van der Waals surface area contributed by atoms with E-state index in [0.717, 1.165) is 19.3 Å². The largest absolute Gasteiger partial charge is 0.294 e. The molecule has 1 aromatic rings. The van der Waals surface area contributed by atoms with Crippen molar-refractivity contribution in [1.82, 2.24) is 4.72 Å². The van der Waals surface area contributed by atoms with Crippen molar-refractivity contribution in [2.45, 2.75) is 70.6 Å². The van der Waals surface area contributed by atoms with Gasteiger partial charge in [0.25, 0.3) is 0 Å². The van der Waals surface area contributed by atoms with Gasteiger partial charge in [0.05, 0.1) is 25.8 Å². The number of Topliss-reactive ketones (excluding diaryl/α,β-unsaturated/α-hetero) is 1. The molecule has 0 aliphatic heterocycles. The highest BCUT2D eigenvalue weighted by atomic mass is 35.5. The lowest BCUT2D eigenvalue weighted by Crippen LogP contribution is -2.74. The van der Waals surface area contributed by atoms with E-state index in [2.05, 4.69) is 18.6 Å². The highest BCUT2D eigenvalue weighted by Crippen LogP contribution is 2.78. The average molecular weight is 416 g/mol. The molecule has 3 aliphatic rings. The van der Waals surface area contributed by atoms with E-state index in [1.165, 1.54) is 0 Å². The standard InChI is InChI=1S/C20H27Cl2NO2S/c1-17(2,3)26(25)23-18(4,5)20-10-19(11-20,12-20)9-16(24)13-6-7-14(21)15(22)8-13/h6-8,23H,9-12H2,1-5H3. The van der Waals surface area contributed by atoms with Crippen LogP contribution in [-0.2, 0) is 11.0 Å². The van der Waals surface area contributed by atoms with Crippen molar-refractivity contribution in [3.8, 4) is 0 Å². The second kappa shape index (κ2) is 6.30. The molecule has 0 radical (unpaired) electrons. The molecule has 0 spiro atoms. The summed E-state index contributed by atoms with van der Waals surface area (Å²) < 4.78 is 15.6. The molecule has 144 valence electrons. The van der Waals surface area contributed by atoms with Gasteiger partial charge in [0, 0.05) is 17.5 Å². The van der Waals surface area contributed by atoms with Crippen molar-refractivity contribution < 1.29 is 9.00 Å². The minimum Gasteiger partial charge on any atom is -0.294 e. The molecule has 26 heavy (non-hydrogen) atoms. The third-order valence-corrected chi connectivity index (χ3v) is 8.69. The van der Waals surface area contributed by atoms with Crippen molar-refractivity contribution >= 4 is 40.0 Å². The second-order valence-corrected chi connectivity index (χ2v) is 12.4. The zero-order valence-corrected chi connectivity index (χ0v) is 18.4. The molecule has 0 heterocycles. The number of hydrogen-bond donors (Lipinski definition) is 1. The summed E-state index contributed by atoms with van der Waals surface area (Å²) >= 11 is 12.0. The minimum absolute atomic E-state index is 0.103. The van der Waals surface area contributed by atoms with Gasteiger partial charge in [-0.25, -0.2) is 8.93 Å². The molecular weight excluding hydrogens is 389 g/mol. The van der Waals surface area contributed by atoms with Gasteiger partial charge in [0.1, 0.15) is 0 Å². The average Bonchev–Trinajstić information content (AvgIpc) is 2.42. The number of rotatable bonds is 6. The summed E-state index contributed by atoms with van der Waals surface area (Å²) in [7, 11) is -1.10. The molecule has 0 saturated heterocycles. The van der Waals surface area contributed by atoms with Crippen LogP contribution in [-0.4, -0.2) is 20.3 Å². The van der Waals surface area contributed by atoms with Gasteiger partial charge in [-0.05, 0) is 82.9 Å². The molecule has 3 aliphatic carbocycles. The lowest BCUT2D eigenvalue weighted by Gasteiger charge is -2.76. The molecule has 0 aromatic heterocycles. The van der Waals surface area contributed by atoms with Crippen molar-refractivity contribution in [3.05, 3.63) is 33.8 Å². The number of carbonyl (C=O) groups is 1. The Bertz CT molecular complexity index is 763. The van der Waals surface area contributed by atoms with Crippen LogP contribution in [0, 0.1) is 10.8 Å². The minimum atomic E-state index is -1.10. The van der Waals surface area contributed by atoms with Gasteiger partial charge in [-0.3, -0.25) is 4.79 Å². The summed E-state index contributed by atoms with van der Waals surface area (Å²) in [5.74, 6) is 0.126. The van der Waals surface area contributed by atoms with Crippen LogP contribution < -0.4 is 4.72 Å². The first kappa shape index (κ1) is 20.3. The van der Waals surface area contributed by atoms with E-state index in [9.17, 15) is 9.00 Å². The Balaban J connectivity index is 1.62. The fourth-order valence-electron chi connectivity index (χ4n) is 4.45. The van der Waals surface area contributed by atoms with E-state index >= 15 is 0 Å². The predicted molar refractivity (Wildman–Crippen MR) is 109 cm³/mol. The molecular formula is C20H27Cl2NO2S. The molecule has 2 bridgehead atoms. The normalized spacial score (nSPS) is 28.9. The summed E-state index contributed by atoms with van der Waals surface area (Å²) in [5, 5.41) is 0.883. The summed E-state index contributed by atoms with van der Waals surface area (Å²) in [4.78, 5) is 12.6. The fraction of sp³-hybridized carbons (Fsp3) is 0.650. The first-order chi connectivity index (χ1) is 11.8. The first-order valence-electron chi connectivity index (χ1n) is 8.97. The Kier molecular flexibility index (Phi) is 4.92. The van der Waals surface area contributed by atoms with Gasteiger partial charge in [0.15, 0.2) is 5.78 Å². The Labute approximate surface area is 168 Å². The number of ketones is 1. The quantitative estimate of drug-likeness (QED) is 0.617. The highest BCUT2D eigenvalue weighted by Gasteiger charge is 2.73. The molecule has 4 rings (SSSR count). The van der Waals surface area contributed by atoms with Crippen LogP contribution in [0.15, 0.2) is 18.2 Å². The van der Waals surface area contributed by atoms with E-state index < -0.39 is 11.0 Å². The molecule has 1 atom stereocenters. The maximum Gasteiger partial charge on any atom is 0.163 e. The summed E-state index contributed by atoms with van der Waals surface area (Å²) in [6, 6.07) is 5.08. The Hall–Kier alpha value is -0.420. The van der Waals surface area contributed by atoms with E-state index in [1.807, 2.05) is 20.8 Å². The summed E-state index contributed by atoms with van der Waals surface area (Å²) in [5.41, 5.74) is 0.667. The van der Waals surface area contributed by atoms with Gasteiger partial charge in [-0.15, -0.1) is 0 Å². The Morgan fingerprint density at radius 1 is 1.12 bits per heavy atom. The fourth-order valence-corrected chi connectivity index (χ4v) is 5.74. The smallest absolute Gasteiger partial charge is 0.163 e. The Morgan fingerprint density at radius 3 is 2.19 bits per heavy atom. The topological polar surface area (TPSA) is 46.2 Å². The number of hydrogen-bond acceptors (Lipinski definition) is 2. The molecule has 6 heteroatoms. The third-order valence-electron chi connectivity index (χ3n) is 6.15. The lowest BCUT2D eigenvalue weighted by molar-refractivity contribution is -0.236. The van der Waals surface area contributed by atoms with E-state index in [-0.39, 0.29) is 26.9 Å². The summed E-state index contributed by atoms with van der Waals surface area (Å²) in [6.45, 7) is 10.2. The van der Waals surface area contributed by atoms with Gasteiger partial charge < -0.3 is 0 Å². The van der Waals surface area contributed by atoms with E-state index in [0.29, 0.717) is 22.0 Å². The van der Waals surface area contributed by atoms with Crippen LogP contribution in [0.25, 0.3) is 0 Å². The second-order valence-electron chi connectivity index (χ2n) is 9.65. The number of nitrogens with one attached hydrogen (secondary N) is 1. The van der Waals surface area contributed by atoms with Crippen LogP contribution in [0.4, 0.5) is 0 Å². The van der Waals surface area contributed by atoms with Crippen LogP contribution in [0.3, 0.4) is 0 Å². The van der Waals surface area contributed by atoms with Crippen LogP contribution >= 0.6 is 23.2 Å². The third kappa shape index (κ3) is 3.39. The molecule has 3 nitrogen and oxygen atoms in total. The van der Waals surface area contributed by atoms with Gasteiger partial charge in [-0.1, -0.05) is 23.2 Å². The van der Waals surface area contributed by atoms with E-state index in [1.54, 1.807) is 18.2 Å². The highest BCUT2D eigenvalue weighted by molar-refractivity contribution is 7.84. The van der Waals surface area contributed by atoms with Crippen LogP contribution in [0.1, 0.15) is 70.7 Å². The predicted octanol–water partition coefficient (Wildman–Crippen LogP) is 5.57. The number of benzene rings is 1. The molecule has 1 aromatic carbocycles. The number of halogens is 2. The van der Waals surface area contributed by atoms with Gasteiger partial charge in [-0.2, -0.15) is 0 Å². The van der Waals surface area contributed by atoms with Crippen molar-refractivity contribution in [2.24, 2.45) is 10.8 Å². The summed E-state index contributed by atoms with van der Waals surface area (Å²) in [6.07, 6.45) is 3.57. The maximum absolute atomic E-state index is 12.6. The van der Waals surface area contributed by atoms with Gasteiger partial charge >= 0.3 is 0 Å². The zero-order valence-electron chi connectivity index (χ0n) is 16.0. The Morgan fingerprint density at radius 2 is 1.69 bits per heavy atom. The SMILES string of the molecule is CC(C)(C)S(=O)NC(C)(C)C12CC(CC(=O)c3ccc(Cl)c(Cl)c3)(C1)C2. The van der Waals surface area contributed by atoms with Crippen LogP contribution in [0.2, 0.25) is 10.0 Å². The van der Waals surface area contributed by atoms with Crippen LogP contribution in [0.5, 0.6) is 0 Å². The molecule has 3 fully saturated rings.